The normalized spacial score (nSPS) is 11.9. The van der Waals surface area contributed by atoms with Crippen molar-refractivity contribution < 1.29 is 9.59 Å². The summed E-state index contributed by atoms with van der Waals surface area (Å²) in [7, 11) is 0. The molecule has 6 heteroatoms. The third-order valence-electron chi connectivity index (χ3n) is 4.42. The van der Waals surface area contributed by atoms with Crippen LogP contribution < -0.4 is 5.32 Å². The number of nitrogens with zero attached hydrogens (tertiary/aromatic N) is 1. The molecule has 1 atom stereocenters. The van der Waals surface area contributed by atoms with Crippen LogP contribution in [0.15, 0.2) is 53.0 Å². The second-order valence-electron chi connectivity index (χ2n) is 7.23. The second kappa shape index (κ2) is 10.6. The summed E-state index contributed by atoms with van der Waals surface area (Å²) < 4.78 is 0.966. The molecule has 0 saturated carbocycles. The van der Waals surface area contributed by atoms with Crippen molar-refractivity contribution in [1.29, 1.82) is 0 Å². The molecule has 0 fully saturated rings. The molecule has 4 nitrogen and oxygen atoms in total. The molecule has 0 aliphatic rings. The summed E-state index contributed by atoms with van der Waals surface area (Å²) in [6, 6.07) is 14.4. The van der Waals surface area contributed by atoms with Crippen LogP contribution in [0.1, 0.15) is 31.9 Å². The smallest absolute Gasteiger partial charge is 0.242 e. The third kappa shape index (κ3) is 6.64. The van der Waals surface area contributed by atoms with Gasteiger partial charge in [0.05, 0.1) is 6.42 Å². The van der Waals surface area contributed by atoms with Crippen LogP contribution in [0.5, 0.6) is 0 Å². The number of hydrogen-bond acceptors (Lipinski definition) is 2. The number of nitrogens with one attached hydrogen (secondary N) is 1. The summed E-state index contributed by atoms with van der Waals surface area (Å²) in [4.78, 5) is 27.3. The minimum atomic E-state index is -0.586. The SMILES string of the molecule is CC(C)CNC(=O)[C@@H](C)N(Cc1ccc(Br)cc1)C(=O)Cc1ccccc1Cl. The van der Waals surface area contributed by atoms with Gasteiger partial charge in [0.15, 0.2) is 0 Å². The fraction of sp³-hybridized carbons (Fsp3) is 0.364. The first-order chi connectivity index (χ1) is 13.3. The molecule has 1 N–H and O–H groups in total. The van der Waals surface area contributed by atoms with Crippen molar-refractivity contribution in [2.24, 2.45) is 5.92 Å². The molecule has 28 heavy (non-hydrogen) atoms. The lowest BCUT2D eigenvalue weighted by Gasteiger charge is -2.29. The topological polar surface area (TPSA) is 49.4 Å². The molecule has 2 aromatic carbocycles. The zero-order valence-electron chi connectivity index (χ0n) is 16.4. The molecule has 0 radical (unpaired) electrons. The number of amides is 2. The van der Waals surface area contributed by atoms with Gasteiger partial charge >= 0.3 is 0 Å². The summed E-state index contributed by atoms with van der Waals surface area (Å²) in [5.74, 6) is 0.0523. The van der Waals surface area contributed by atoms with Crippen LogP contribution in [0.3, 0.4) is 0 Å². The average Bonchev–Trinajstić information content (AvgIpc) is 2.66. The molecule has 0 bridgehead atoms. The predicted octanol–water partition coefficient (Wildman–Crippen LogP) is 4.83. The Balaban J connectivity index is 2.21. The van der Waals surface area contributed by atoms with Crippen molar-refractivity contribution in [1.82, 2.24) is 10.2 Å². The summed E-state index contributed by atoms with van der Waals surface area (Å²) in [5.41, 5.74) is 1.71. The minimum absolute atomic E-state index is 0.136. The predicted molar refractivity (Wildman–Crippen MR) is 117 cm³/mol. The Morgan fingerprint density at radius 3 is 2.32 bits per heavy atom. The Bertz CT molecular complexity index is 808. The lowest BCUT2D eigenvalue weighted by molar-refractivity contribution is -0.140. The van der Waals surface area contributed by atoms with Crippen molar-refractivity contribution in [2.75, 3.05) is 6.54 Å². The molecule has 0 spiro atoms. The number of halogens is 2. The monoisotopic (exact) mass is 464 g/mol. The highest BCUT2D eigenvalue weighted by molar-refractivity contribution is 9.10. The minimum Gasteiger partial charge on any atom is -0.354 e. The van der Waals surface area contributed by atoms with Gasteiger partial charge in [-0.2, -0.15) is 0 Å². The second-order valence-corrected chi connectivity index (χ2v) is 8.55. The van der Waals surface area contributed by atoms with E-state index in [1.807, 2.05) is 56.3 Å². The van der Waals surface area contributed by atoms with Gasteiger partial charge < -0.3 is 10.2 Å². The van der Waals surface area contributed by atoms with E-state index in [-0.39, 0.29) is 18.2 Å². The molecule has 0 aromatic heterocycles. The molecule has 2 amide bonds. The van der Waals surface area contributed by atoms with Crippen LogP contribution in [0.2, 0.25) is 5.02 Å². The van der Waals surface area contributed by atoms with Crippen molar-refractivity contribution >= 4 is 39.3 Å². The lowest BCUT2D eigenvalue weighted by atomic mass is 10.1. The average molecular weight is 466 g/mol. The number of carbonyl (C=O) groups is 2. The molecule has 0 aliphatic heterocycles. The van der Waals surface area contributed by atoms with Gasteiger partial charge in [-0.3, -0.25) is 9.59 Å². The van der Waals surface area contributed by atoms with Crippen molar-refractivity contribution in [3.8, 4) is 0 Å². The maximum absolute atomic E-state index is 13.1. The number of rotatable bonds is 8. The number of benzene rings is 2. The molecule has 0 unspecified atom stereocenters. The Morgan fingerprint density at radius 2 is 1.71 bits per heavy atom. The van der Waals surface area contributed by atoms with Gasteiger partial charge in [-0.25, -0.2) is 0 Å². The van der Waals surface area contributed by atoms with Crippen LogP contribution in [-0.4, -0.2) is 29.3 Å². The van der Waals surface area contributed by atoms with E-state index in [1.165, 1.54) is 0 Å². The van der Waals surface area contributed by atoms with Crippen molar-refractivity contribution in [3.05, 3.63) is 69.2 Å². The zero-order chi connectivity index (χ0) is 20.7. The van der Waals surface area contributed by atoms with Gasteiger partial charge in [-0.05, 0) is 42.2 Å². The first-order valence-corrected chi connectivity index (χ1v) is 10.5. The molecular formula is C22H26BrClN2O2. The zero-order valence-corrected chi connectivity index (χ0v) is 18.8. The van der Waals surface area contributed by atoms with E-state index in [2.05, 4.69) is 21.2 Å². The van der Waals surface area contributed by atoms with Crippen LogP contribution in [-0.2, 0) is 22.6 Å². The van der Waals surface area contributed by atoms with Gasteiger partial charge in [0.1, 0.15) is 6.04 Å². The van der Waals surface area contributed by atoms with Gasteiger partial charge in [0.2, 0.25) is 11.8 Å². The summed E-state index contributed by atoms with van der Waals surface area (Å²) in [6.07, 6.45) is 0.151. The molecular weight excluding hydrogens is 440 g/mol. The fourth-order valence-corrected chi connectivity index (χ4v) is 3.19. The highest BCUT2D eigenvalue weighted by Gasteiger charge is 2.26. The number of hydrogen-bond donors (Lipinski definition) is 1. The molecule has 0 heterocycles. The quantitative estimate of drug-likeness (QED) is 0.607. The van der Waals surface area contributed by atoms with Gasteiger partial charge in [-0.15, -0.1) is 0 Å². The van der Waals surface area contributed by atoms with Gasteiger partial charge in [-0.1, -0.05) is 71.7 Å². The first kappa shape index (κ1) is 22.4. The van der Waals surface area contributed by atoms with Crippen molar-refractivity contribution in [3.63, 3.8) is 0 Å². The first-order valence-electron chi connectivity index (χ1n) is 9.33. The van der Waals surface area contributed by atoms with E-state index >= 15 is 0 Å². The highest BCUT2D eigenvalue weighted by Crippen LogP contribution is 2.19. The molecule has 0 aliphatic carbocycles. The fourth-order valence-electron chi connectivity index (χ4n) is 2.73. The summed E-state index contributed by atoms with van der Waals surface area (Å²) in [6.45, 7) is 6.76. The summed E-state index contributed by atoms with van der Waals surface area (Å²) >= 11 is 9.64. The summed E-state index contributed by atoms with van der Waals surface area (Å²) in [5, 5.41) is 3.47. The van der Waals surface area contributed by atoms with E-state index in [9.17, 15) is 9.59 Å². The van der Waals surface area contributed by atoms with Gasteiger partial charge in [0, 0.05) is 22.6 Å². The molecule has 0 saturated heterocycles. The Labute approximate surface area is 180 Å². The number of carbonyl (C=O) groups excluding carboxylic acids is 2. The lowest BCUT2D eigenvalue weighted by Crippen LogP contribution is -2.48. The van der Waals surface area contributed by atoms with Crippen LogP contribution >= 0.6 is 27.5 Å². The third-order valence-corrected chi connectivity index (χ3v) is 5.31. The largest absolute Gasteiger partial charge is 0.354 e. The Morgan fingerprint density at radius 1 is 1.07 bits per heavy atom. The van der Waals surface area contributed by atoms with E-state index in [0.717, 1.165) is 15.6 Å². The highest BCUT2D eigenvalue weighted by atomic mass is 79.9. The van der Waals surface area contributed by atoms with E-state index in [1.54, 1.807) is 17.9 Å². The van der Waals surface area contributed by atoms with E-state index < -0.39 is 6.04 Å². The Hall–Kier alpha value is -1.85. The molecule has 150 valence electrons. The van der Waals surface area contributed by atoms with Crippen LogP contribution in [0, 0.1) is 5.92 Å². The van der Waals surface area contributed by atoms with Crippen molar-refractivity contribution in [2.45, 2.75) is 39.8 Å². The standard InChI is InChI=1S/C22H26BrClN2O2/c1-15(2)13-25-22(28)16(3)26(14-17-8-10-19(23)11-9-17)21(27)12-18-6-4-5-7-20(18)24/h4-11,15-16H,12-14H2,1-3H3,(H,25,28)/t16-/m1/s1. The maximum Gasteiger partial charge on any atom is 0.242 e. The van der Waals surface area contributed by atoms with E-state index in [0.29, 0.717) is 24.0 Å². The van der Waals surface area contributed by atoms with Crippen LogP contribution in [0.25, 0.3) is 0 Å². The molecule has 2 rings (SSSR count). The molecule has 2 aromatic rings. The maximum atomic E-state index is 13.1. The van der Waals surface area contributed by atoms with E-state index in [4.69, 9.17) is 11.6 Å². The van der Waals surface area contributed by atoms with Gasteiger partial charge in [0.25, 0.3) is 0 Å². The Kier molecular flexibility index (Phi) is 8.52. The van der Waals surface area contributed by atoms with Crippen LogP contribution in [0.4, 0.5) is 0 Å².